The first-order valence-corrected chi connectivity index (χ1v) is 4.20. The SMILES string of the molecule is CC(C)CC1(C(=O)NO)COC=N1. The number of aliphatic imine (C=N–C) groups is 1. The number of hydroxylamine groups is 1. The molecule has 13 heavy (non-hydrogen) atoms. The van der Waals surface area contributed by atoms with Crippen molar-refractivity contribution in [1.82, 2.24) is 5.48 Å². The Morgan fingerprint density at radius 2 is 2.54 bits per heavy atom. The maximum Gasteiger partial charge on any atom is 0.274 e. The Morgan fingerprint density at radius 3 is 2.92 bits per heavy atom. The monoisotopic (exact) mass is 186 g/mol. The molecule has 0 saturated carbocycles. The summed E-state index contributed by atoms with van der Waals surface area (Å²) in [4.78, 5) is 15.3. The number of nitrogens with zero attached hydrogens (tertiary/aromatic N) is 1. The highest BCUT2D eigenvalue weighted by Crippen LogP contribution is 2.25. The third kappa shape index (κ3) is 1.98. The summed E-state index contributed by atoms with van der Waals surface area (Å²) in [5, 5.41) is 8.54. The molecule has 5 heteroatoms. The molecule has 0 radical (unpaired) electrons. The summed E-state index contributed by atoms with van der Waals surface area (Å²) in [7, 11) is 0. The number of nitrogens with one attached hydrogen (secondary N) is 1. The van der Waals surface area contributed by atoms with E-state index in [2.05, 4.69) is 4.99 Å². The summed E-state index contributed by atoms with van der Waals surface area (Å²) in [6.45, 7) is 4.18. The first kappa shape index (κ1) is 9.98. The molecular formula is C8H14N2O3. The highest BCUT2D eigenvalue weighted by atomic mass is 16.5. The zero-order valence-electron chi connectivity index (χ0n) is 7.78. The molecule has 0 saturated heterocycles. The van der Waals surface area contributed by atoms with Crippen LogP contribution >= 0.6 is 0 Å². The lowest BCUT2D eigenvalue weighted by Crippen LogP contribution is -2.46. The van der Waals surface area contributed by atoms with Gasteiger partial charge in [0.2, 0.25) is 0 Å². The van der Waals surface area contributed by atoms with Crippen LogP contribution in [-0.4, -0.2) is 29.7 Å². The third-order valence-electron chi connectivity index (χ3n) is 1.97. The fraction of sp³-hybridized carbons (Fsp3) is 0.750. The van der Waals surface area contributed by atoms with E-state index in [9.17, 15) is 4.79 Å². The fourth-order valence-electron chi connectivity index (χ4n) is 1.46. The van der Waals surface area contributed by atoms with Gasteiger partial charge in [-0.25, -0.2) is 10.5 Å². The van der Waals surface area contributed by atoms with Gasteiger partial charge in [-0.2, -0.15) is 0 Å². The van der Waals surface area contributed by atoms with Crippen LogP contribution < -0.4 is 5.48 Å². The van der Waals surface area contributed by atoms with Gasteiger partial charge in [-0.3, -0.25) is 10.0 Å². The van der Waals surface area contributed by atoms with Crippen molar-refractivity contribution in [3.05, 3.63) is 0 Å². The number of carbonyl (C=O) groups is 1. The van der Waals surface area contributed by atoms with Crippen LogP contribution in [0.25, 0.3) is 0 Å². The largest absolute Gasteiger partial charge is 0.480 e. The molecule has 1 aliphatic rings. The molecule has 0 aromatic carbocycles. The van der Waals surface area contributed by atoms with Crippen molar-refractivity contribution in [2.75, 3.05) is 6.61 Å². The Balaban J connectivity index is 2.75. The lowest BCUT2D eigenvalue weighted by molar-refractivity contribution is -0.135. The Bertz CT molecular complexity index is 227. The van der Waals surface area contributed by atoms with Crippen LogP contribution in [0.3, 0.4) is 0 Å². The summed E-state index contributed by atoms with van der Waals surface area (Å²) in [5.74, 6) is -0.189. The average Bonchev–Trinajstić information content (AvgIpc) is 2.51. The highest BCUT2D eigenvalue weighted by Gasteiger charge is 2.41. The van der Waals surface area contributed by atoms with Gasteiger partial charge in [0, 0.05) is 0 Å². The lowest BCUT2D eigenvalue weighted by Gasteiger charge is -2.23. The standard InChI is InChI=1S/C8H14N2O3/c1-6(2)3-8(7(11)10-12)4-13-5-9-8/h5-6,12H,3-4H2,1-2H3,(H,10,11). The summed E-state index contributed by atoms with van der Waals surface area (Å²) in [5.41, 5.74) is 0.693. The maximum atomic E-state index is 11.3. The molecular weight excluding hydrogens is 172 g/mol. The van der Waals surface area contributed by atoms with E-state index in [0.717, 1.165) is 0 Å². The van der Waals surface area contributed by atoms with Crippen LogP contribution in [0.15, 0.2) is 4.99 Å². The van der Waals surface area contributed by atoms with Gasteiger partial charge in [0.1, 0.15) is 6.61 Å². The average molecular weight is 186 g/mol. The maximum absolute atomic E-state index is 11.3. The summed E-state index contributed by atoms with van der Waals surface area (Å²) < 4.78 is 4.92. The van der Waals surface area contributed by atoms with E-state index in [4.69, 9.17) is 9.94 Å². The van der Waals surface area contributed by atoms with Crippen molar-refractivity contribution >= 4 is 12.3 Å². The highest BCUT2D eigenvalue weighted by molar-refractivity contribution is 5.88. The number of amides is 1. The van der Waals surface area contributed by atoms with E-state index in [-0.39, 0.29) is 6.61 Å². The second-order valence-electron chi connectivity index (χ2n) is 3.62. The molecule has 1 rings (SSSR count). The minimum Gasteiger partial charge on any atom is -0.480 e. The molecule has 0 aromatic rings. The van der Waals surface area contributed by atoms with E-state index >= 15 is 0 Å². The minimum absolute atomic E-state index is 0.206. The Labute approximate surface area is 76.8 Å². The predicted octanol–water partition coefficient (Wildman–Crippen LogP) is 0.335. The molecule has 5 nitrogen and oxygen atoms in total. The van der Waals surface area contributed by atoms with Crippen molar-refractivity contribution in [2.24, 2.45) is 10.9 Å². The van der Waals surface area contributed by atoms with Crippen LogP contribution in [-0.2, 0) is 9.53 Å². The van der Waals surface area contributed by atoms with Crippen molar-refractivity contribution < 1.29 is 14.7 Å². The minimum atomic E-state index is -0.928. The number of rotatable bonds is 3. The molecule has 0 bridgehead atoms. The van der Waals surface area contributed by atoms with Gasteiger partial charge in [-0.05, 0) is 12.3 Å². The van der Waals surface area contributed by atoms with Crippen molar-refractivity contribution in [2.45, 2.75) is 25.8 Å². The molecule has 0 fully saturated rings. The summed E-state index contributed by atoms with van der Waals surface area (Å²) in [6, 6.07) is 0. The second kappa shape index (κ2) is 3.74. The van der Waals surface area contributed by atoms with Gasteiger partial charge in [-0.1, -0.05) is 13.8 Å². The molecule has 0 aromatic heterocycles. The van der Waals surface area contributed by atoms with Crippen molar-refractivity contribution in [1.29, 1.82) is 0 Å². The summed E-state index contributed by atoms with van der Waals surface area (Å²) >= 11 is 0. The smallest absolute Gasteiger partial charge is 0.274 e. The van der Waals surface area contributed by atoms with E-state index < -0.39 is 11.4 Å². The Kier molecular flexibility index (Phi) is 2.87. The molecule has 1 atom stereocenters. The van der Waals surface area contributed by atoms with Gasteiger partial charge in [-0.15, -0.1) is 0 Å². The lowest BCUT2D eigenvalue weighted by atomic mass is 9.90. The van der Waals surface area contributed by atoms with E-state index in [1.54, 1.807) is 5.48 Å². The number of hydrogen-bond donors (Lipinski definition) is 2. The van der Waals surface area contributed by atoms with E-state index in [1.165, 1.54) is 6.40 Å². The predicted molar refractivity (Wildman–Crippen MR) is 46.6 cm³/mol. The Hall–Kier alpha value is -1.10. The van der Waals surface area contributed by atoms with Gasteiger partial charge >= 0.3 is 0 Å². The molecule has 1 heterocycles. The molecule has 74 valence electrons. The zero-order chi connectivity index (χ0) is 9.90. The van der Waals surface area contributed by atoms with Crippen LogP contribution in [0.1, 0.15) is 20.3 Å². The first-order valence-electron chi connectivity index (χ1n) is 4.20. The van der Waals surface area contributed by atoms with Crippen LogP contribution in [0.4, 0.5) is 0 Å². The summed E-state index contributed by atoms with van der Waals surface area (Å²) in [6.07, 6.45) is 1.83. The first-order chi connectivity index (χ1) is 6.10. The molecule has 1 unspecified atom stereocenters. The second-order valence-corrected chi connectivity index (χ2v) is 3.62. The molecule has 0 aliphatic carbocycles. The van der Waals surface area contributed by atoms with E-state index in [1.807, 2.05) is 13.8 Å². The van der Waals surface area contributed by atoms with Crippen LogP contribution in [0, 0.1) is 5.92 Å². The number of hydrogen-bond acceptors (Lipinski definition) is 4. The molecule has 1 aliphatic heterocycles. The third-order valence-corrected chi connectivity index (χ3v) is 1.97. The quantitative estimate of drug-likeness (QED) is 0.493. The van der Waals surface area contributed by atoms with Gasteiger partial charge in [0.05, 0.1) is 0 Å². The van der Waals surface area contributed by atoms with Gasteiger partial charge in [0.25, 0.3) is 5.91 Å². The van der Waals surface area contributed by atoms with Crippen molar-refractivity contribution in [3.8, 4) is 0 Å². The number of carbonyl (C=O) groups excluding carboxylic acids is 1. The molecule has 2 N–H and O–H groups in total. The van der Waals surface area contributed by atoms with Gasteiger partial charge < -0.3 is 4.74 Å². The fourth-order valence-corrected chi connectivity index (χ4v) is 1.46. The topological polar surface area (TPSA) is 70.9 Å². The molecule has 1 amide bonds. The molecule has 0 spiro atoms. The van der Waals surface area contributed by atoms with Crippen molar-refractivity contribution in [3.63, 3.8) is 0 Å². The normalized spacial score (nSPS) is 26.2. The Morgan fingerprint density at radius 1 is 1.85 bits per heavy atom. The van der Waals surface area contributed by atoms with E-state index in [0.29, 0.717) is 12.3 Å². The zero-order valence-corrected chi connectivity index (χ0v) is 7.78. The van der Waals surface area contributed by atoms with Crippen LogP contribution in [0.5, 0.6) is 0 Å². The number of ether oxygens (including phenoxy) is 1. The van der Waals surface area contributed by atoms with Crippen LogP contribution in [0.2, 0.25) is 0 Å². The van der Waals surface area contributed by atoms with Gasteiger partial charge in [0.15, 0.2) is 11.9 Å².